The van der Waals surface area contributed by atoms with Crippen LogP contribution < -0.4 is 0 Å². The Balaban J connectivity index is 4.00. The topological polar surface area (TPSA) is 58.9 Å². The Bertz CT molecular complexity index is 203. The fraction of sp³-hybridized carbons (Fsp3) is 0.429. The predicted octanol–water partition coefficient (Wildman–Crippen LogP) is 1.52. The second-order valence-corrected chi connectivity index (χ2v) is 2.50. The molecule has 0 aromatic heterocycles. The monoisotopic (exact) mass is 191 g/mol. The van der Waals surface area contributed by atoms with Crippen LogP contribution in [0.4, 0.5) is 0 Å². The van der Waals surface area contributed by atoms with Crippen LogP contribution in [0, 0.1) is 0 Å². The summed E-state index contributed by atoms with van der Waals surface area (Å²) in [5, 5.41) is 10.9. The number of nitrogens with zero attached hydrogens (tertiary/aromatic N) is 1. The maximum absolute atomic E-state index is 10.5. The summed E-state index contributed by atoms with van der Waals surface area (Å²) in [7, 11) is 0. The first-order valence-electron chi connectivity index (χ1n) is 3.26. The van der Waals surface area contributed by atoms with Gasteiger partial charge in [0.1, 0.15) is 11.3 Å². The van der Waals surface area contributed by atoms with Gasteiger partial charge in [0.25, 0.3) is 0 Å². The molecule has 5 heteroatoms. The van der Waals surface area contributed by atoms with Crippen LogP contribution >= 0.6 is 11.6 Å². The first-order chi connectivity index (χ1) is 5.60. The lowest BCUT2D eigenvalue weighted by Crippen LogP contribution is -2.15. The van der Waals surface area contributed by atoms with Crippen molar-refractivity contribution in [1.82, 2.24) is 0 Å². The minimum atomic E-state index is -0.536. The van der Waals surface area contributed by atoms with Gasteiger partial charge in [-0.05, 0) is 0 Å². The van der Waals surface area contributed by atoms with Crippen LogP contribution in [-0.2, 0) is 9.53 Å². The molecular weight excluding hydrogens is 182 g/mol. The van der Waals surface area contributed by atoms with E-state index in [4.69, 9.17) is 21.5 Å². The lowest BCUT2D eigenvalue weighted by atomic mass is 10.2. The van der Waals surface area contributed by atoms with Gasteiger partial charge in [-0.15, -0.1) is 0 Å². The number of carbonyl (C=O) groups is 1. The number of oxime groups is 1. The van der Waals surface area contributed by atoms with Crippen LogP contribution in [-0.4, -0.2) is 22.5 Å². The van der Waals surface area contributed by atoms with Gasteiger partial charge >= 0.3 is 5.97 Å². The van der Waals surface area contributed by atoms with Gasteiger partial charge in [0.05, 0.1) is 0 Å². The van der Waals surface area contributed by atoms with Crippen molar-refractivity contribution in [3.05, 3.63) is 12.7 Å². The molecule has 0 radical (unpaired) electrons. The maximum Gasteiger partial charge on any atom is 0.303 e. The molecule has 0 spiro atoms. The van der Waals surface area contributed by atoms with Crippen LogP contribution in [0.3, 0.4) is 0 Å². The number of carbonyl (C=O) groups excluding carboxylic acids is 1. The SMILES string of the molecule is C=CC(CC(Cl)=NO)OC(C)=O. The highest BCUT2D eigenvalue weighted by Crippen LogP contribution is 2.04. The Hall–Kier alpha value is -1.03. The van der Waals surface area contributed by atoms with E-state index in [1.165, 1.54) is 13.0 Å². The third-order valence-electron chi connectivity index (χ3n) is 1.06. The van der Waals surface area contributed by atoms with Gasteiger partial charge in [-0.25, -0.2) is 0 Å². The second-order valence-electron chi connectivity index (χ2n) is 2.06. The molecule has 0 aliphatic rings. The average Bonchev–Trinajstić information content (AvgIpc) is 2.02. The number of esters is 1. The summed E-state index contributed by atoms with van der Waals surface area (Å²) in [6.45, 7) is 4.71. The largest absolute Gasteiger partial charge is 0.458 e. The number of rotatable bonds is 4. The van der Waals surface area contributed by atoms with E-state index in [1.807, 2.05) is 0 Å². The van der Waals surface area contributed by atoms with Crippen LogP contribution in [0.2, 0.25) is 0 Å². The zero-order chi connectivity index (χ0) is 9.56. The maximum atomic E-state index is 10.5. The fourth-order valence-corrected chi connectivity index (χ4v) is 0.745. The smallest absolute Gasteiger partial charge is 0.303 e. The third kappa shape index (κ3) is 4.73. The lowest BCUT2D eigenvalue weighted by Gasteiger charge is -2.10. The molecule has 0 heterocycles. The average molecular weight is 192 g/mol. The Morgan fingerprint density at radius 3 is 2.83 bits per heavy atom. The molecule has 1 unspecified atom stereocenters. The van der Waals surface area contributed by atoms with E-state index in [-0.39, 0.29) is 11.6 Å². The zero-order valence-electron chi connectivity index (χ0n) is 6.66. The first-order valence-corrected chi connectivity index (χ1v) is 3.64. The molecule has 0 aliphatic carbocycles. The van der Waals surface area contributed by atoms with E-state index in [2.05, 4.69) is 11.7 Å². The summed E-state index contributed by atoms with van der Waals surface area (Å²) < 4.78 is 4.74. The highest BCUT2D eigenvalue weighted by Gasteiger charge is 2.10. The summed E-state index contributed by atoms with van der Waals surface area (Å²) >= 11 is 5.38. The molecule has 4 nitrogen and oxygen atoms in total. The highest BCUT2D eigenvalue weighted by molar-refractivity contribution is 6.65. The molecule has 0 rings (SSSR count). The molecule has 1 N–H and O–H groups in total. The third-order valence-corrected chi connectivity index (χ3v) is 1.29. The van der Waals surface area contributed by atoms with Crippen LogP contribution in [0.5, 0.6) is 0 Å². The minimum absolute atomic E-state index is 0.0267. The summed E-state index contributed by atoms with van der Waals surface area (Å²) in [5.41, 5.74) is 0. The summed E-state index contributed by atoms with van der Waals surface area (Å²) in [4.78, 5) is 10.5. The number of halogens is 1. The Labute approximate surface area is 75.5 Å². The Morgan fingerprint density at radius 2 is 2.50 bits per heavy atom. The Morgan fingerprint density at radius 1 is 1.92 bits per heavy atom. The van der Waals surface area contributed by atoms with E-state index >= 15 is 0 Å². The lowest BCUT2D eigenvalue weighted by molar-refractivity contribution is -0.143. The van der Waals surface area contributed by atoms with Crippen molar-refractivity contribution in [2.75, 3.05) is 0 Å². The molecule has 0 saturated carbocycles. The van der Waals surface area contributed by atoms with Gasteiger partial charge in [-0.3, -0.25) is 4.79 Å². The van der Waals surface area contributed by atoms with Crippen molar-refractivity contribution >= 4 is 22.7 Å². The zero-order valence-corrected chi connectivity index (χ0v) is 7.41. The number of hydrogen-bond donors (Lipinski definition) is 1. The minimum Gasteiger partial charge on any atom is -0.458 e. The van der Waals surface area contributed by atoms with Crippen LogP contribution in [0.1, 0.15) is 13.3 Å². The molecule has 12 heavy (non-hydrogen) atoms. The van der Waals surface area contributed by atoms with E-state index in [1.54, 1.807) is 0 Å². The molecule has 0 aromatic carbocycles. The van der Waals surface area contributed by atoms with Gasteiger partial charge in [-0.2, -0.15) is 0 Å². The first kappa shape index (κ1) is 11.0. The van der Waals surface area contributed by atoms with Gasteiger partial charge in [0.2, 0.25) is 0 Å². The molecule has 0 fully saturated rings. The highest BCUT2D eigenvalue weighted by atomic mass is 35.5. The van der Waals surface area contributed by atoms with Gasteiger partial charge < -0.3 is 9.94 Å². The van der Waals surface area contributed by atoms with Crippen LogP contribution in [0.25, 0.3) is 0 Å². The van der Waals surface area contributed by atoms with Crippen LogP contribution in [0.15, 0.2) is 17.8 Å². The molecular formula is C7H10ClNO3. The summed E-state index contributed by atoms with van der Waals surface area (Å²) in [6, 6.07) is 0. The number of hydrogen-bond acceptors (Lipinski definition) is 4. The van der Waals surface area contributed by atoms with Gasteiger partial charge in [0.15, 0.2) is 0 Å². The van der Waals surface area contributed by atoms with E-state index in [0.29, 0.717) is 0 Å². The quantitative estimate of drug-likeness (QED) is 0.241. The van der Waals surface area contributed by atoms with Gasteiger partial charge in [-0.1, -0.05) is 29.4 Å². The molecule has 0 bridgehead atoms. The summed E-state index contributed by atoms with van der Waals surface area (Å²) in [5.74, 6) is -0.428. The van der Waals surface area contributed by atoms with Gasteiger partial charge in [0, 0.05) is 13.3 Å². The van der Waals surface area contributed by atoms with E-state index < -0.39 is 12.1 Å². The van der Waals surface area contributed by atoms with Crippen molar-refractivity contribution in [2.24, 2.45) is 5.16 Å². The van der Waals surface area contributed by atoms with Crippen molar-refractivity contribution < 1.29 is 14.7 Å². The van der Waals surface area contributed by atoms with Crippen molar-refractivity contribution in [2.45, 2.75) is 19.4 Å². The van der Waals surface area contributed by atoms with Crippen molar-refractivity contribution in [3.63, 3.8) is 0 Å². The standard InChI is InChI=1S/C7H10ClNO3/c1-3-6(12-5(2)10)4-7(8)9-11/h3,6,11H,1,4H2,2H3. The molecule has 68 valence electrons. The number of ether oxygens (including phenoxy) is 1. The van der Waals surface area contributed by atoms with E-state index in [0.717, 1.165) is 0 Å². The molecule has 0 saturated heterocycles. The Kier molecular flexibility index (Phi) is 5.12. The van der Waals surface area contributed by atoms with Crippen molar-refractivity contribution in [3.8, 4) is 0 Å². The second kappa shape index (κ2) is 5.60. The molecule has 0 amide bonds. The molecule has 0 aromatic rings. The predicted molar refractivity (Wildman–Crippen MR) is 45.4 cm³/mol. The summed E-state index contributed by atoms with van der Waals surface area (Å²) in [6.07, 6.45) is 1.02. The van der Waals surface area contributed by atoms with E-state index in [9.17, 15) is 4.79 Å². The normalized spacial score (nSPS) is 13.7. The molecule has 0 aliphatic heterocycles. The molecule has 1 atom stereocenters. The fourth-order valence-electron chi connectivity index (χ4n) is 0.593. The van der Waals surface area contributed by atoms with Crippen molar-refractivity contribution in [1.29, 1.82) is 0 Å².